The predicted octanol–water partition coefficient (Wildman–Crippen LogP) is 3.04. The molecule has 0 fully saturated rings. The minimum atomic E-state index is 0.698. The van der Waals surface area contributed by atoms with Crippen LogP contribution in [-0.2, 0) is 6.54 Å². The van der Waals surface area contributed by atoms with Crippen molar-refractivity contribution < 1.29 is 0 Å². The van der Waals surface area contributed by atoms with E-state index in [2.05, 4.69) is 41.7 Å². The Kier molecular flexibility index (Phi) is 3.34. The van der Waals surface area contributed by atoms with E-state index < -0.39 is 0 Å². The molecule has 0 saturated heterocycles. The van der Waals surface area contributed by atoms with E-state index in [-0.39, 0.29) is 0 Å². The zero-order valence-electron chi connectivity index (χ0n) is 9.16. The molecule has 0 bridgehead atoms. The molecule has 2 aromatic rings. The molecule has 2 nitrogen and oxygen atoms in total. The summed E-state index contributed by atoms with van der Waals surface area (Å²) < 4.78 is 1.28. The first-order chi connectivity index (χ1) is 7.25. The van der Waals surface area contributed by atoms with Crippen LogP contribution in [0.3, 0.4) is 0 Å². The molecule has 3 heteroatoms. The highest BCUT2D eigenvalue weighted by Crippen LogP contribution is 2.19. The summed E-state index contributed by atoms with van der Waals surface area (Å²) in [6, 6.07) is 4.28. The van der Waals surface area contributed by atoms with Gasteiger partial charge in [0, 0.05) is 12.7 Å². The number of fused-ring (bicyclic) bond motifs is 1. The van der Waals surface area contributed by atoms with Gasteiger partial charge in [-0.3, -0.25) is 4.98 Å². The molecule has 15 heavy (non-hydrogen) atoms. The van der Waals surface area contributed by atoms with Gasteiger partial charge >= 0.3 is 0 Å². The van der Waals surface area contributed by atoms with Gasteiger partial charge in [-0.1, -0.05) is 13.8 Å². The lowest BCUT2D eigenvalue weighted by Gasteiger charge is -2.06. The molecule has 0 unspecified atom stereocenters. The first kappa shape index (κ1) is 10.6. The minimum absolute atomic E-state index is 0.698. The number of nitrogens with zero attached hydrogens (tertiary/aromatic N) is 1. The first-order valence-corrected chi connectivity index (χ1v) is 6.16. The van der Waals surface area contributed by atoms with Gasteiger partial charge in [0.2, 0.25) is 0 Å². The molecule has 2 aromatic heterocycles. The Balaban J connectivity index is 2.02. The van der Waals surface area contributed by atoms with Gasteiger partial charge in [0.05, 0.1) is 10.2 Å². The molecule has 1 N–H and O–H groups in total. The second-order valence-corrected chi connectivity index (χ2v) is 5.12. The number of rotatable bonds is 4. The van der Waals surface area contributed by atoms with Crippen LogP contribution >= 0.6 is 11.3 Å². The third-order valence-corrected chi connectivity index (χ3v) is 3.09. The van der Waals surface area contributed by atoms with Gasteiger partial charge in [-0.2, -0.15) is 0 Å². The summed E-state index contributed by atoms with van der Waals surface area (Å²) in [6.45, 7) is 6.41. The Morgan fingerprint density at radius 2 is 2.33 bits per heavy atom. The lowest BCUT2D eigenvalue weighted by Crippen LogP contribution is -2.18. The van der Waals surface area contributed by atoms with Crippen molar-refractivity contribution in [3.8, 4) is 0 Å². The van der Waals surface area contributed by atoms with Gasteiger partial charge in [0.15, 0.2) is 0 Å². The van der Waals surface area contributed by atoms with Crippen molar-refractivity contribution in [3.05, 3.63) is 29.3 Å². The van der Waals surface area contributed by atoms with E-state index in [1.165, 1.54) is 10.3 Å². The topological polar surface area (TPSA) is 24.9 Å². The zero-order chi connectivity index (χ0) is 10.7. The summed E-state index contributed by atoms with van der Waals surface area (Å²) in [7, 11) is 0. The van der Waals surface area contributed by atoms with Gasteiger partial charge in [-0.15, -0.1) is 11.3 Å². The van der Waals surface area contributed by atoms with E-state index in [4.69, 9.17) is 0 Å². The molecular formula is C12H16N2S. The lowest BCUT2D eigenvalue weighted by atomic mass is 10.2. The molecule has 0 atom stereocenters. The van der Waals surface area contributed by atoms with Crippen LogP contribution in [0.1, 0.15) is 19.4 Å². The Morgan fingerprint density at radius 1 is 1.47 bits per heavy atom. The number of hydrogen-bond acceptors (Lipinski definition) is 3. The monoisotopic (exact) mass is 220 g/mol. The number of thiophene rings is 1. The van der Waals surface area contributed by atoms with Crippen LogP contribution in [0.25, 0.3) is 10.2 Å². The van der Waals surface area contributed by atoms with Gasteiger partial charge < -0.3 is 5.32 Å². The Labute approximate surface area is 94.3 Å². The fourth-order valence-corrected chi connectivity index (χ4v) is 2.29. The van der Waals surface area contributed by atoms with Gasteiger partial charge in [0.25, 0.3) is 0 Å². The summed E-state index contributed by atoms with van der Waals surface area (Å²) in [5.41, 5.74) is 2.37. The number of aromatic nitrogens is 1. The molecule has 0 aliphatic heterocycles. The summed E-state index contributed by atoms with van der Waals surface area (Å²) in [5.74, 6) is 0.698. The summed E-state index contributed by atoms with van der Waals surface area (Å²) >= 11 is 1.75. The van der Waals surface area contributed by atoms with Gasteiger partial charge in [0.1, 0.15) is 0 Å². The van der Waals surface area contributed by atoms with E-state index in [0.29, 0.717) is 5.92 Å². The van der Waals surface area contributed by atoms with E-state index in [1.54, 1.807) is 11.3 Å². The highest BCUT2D eigenvalue weighted by Gasteiger charge is 1.99. The molecular weight excluding hydrogens is 204 g/mol. The Morgan fingerprint density at radius 3 is 3.13 bits per heavy atom. The van der Waals surface area contributed by atoms with Crippen molar-refractivity contribution in [3.63, 3.8) is 0 Å². The summed E-state index contributed by atoms with van der Waals surface area (Å²) in [5, 5.41) is 5.51. The van der Waals surface area contributed by atoms with Crippen molar-refractivity contribution >= 4 is 21.6 Å². The van der Waals surface area contributed by atoms with Crippen molar-refractivity contribution in [2.24, 2.45) is 5.92 Å². The minimum Gasteiger partial charge on any atom is -0.312 e. The molecule has 2 heterocycles. The molecule has 80 valence electrons. The number of pyridine rings is 1. The Hall–Kier alpha value is -0.930. The summed E-state index contributed by atoms with van der Waals surface area (Å²) in [6.07, 6.45) is 1.96. The molecule has 0 amide bonds. The van der Waals surface area contributed by atoms with E-state index in [1.807, 2.05) is 6.20 Å². The smallest absolute Gasteiger partial charge is 0.0809 e. The van der Waals surface area contributed by atoms with Crippen LogP contribution in [0, 0.1) is 5.92 Å². The van der Waals surface area contributed by atoms with E-state index in [9.17, 15) is 0 Å². The first-order valence-electron chi connectivity index (χ1n) is 5.28. The second kappa shape index (κ2) is 4.73. The largest absolute Gasteiger partial charge is 0.312 e. The van der Waals surface area contributed by atoms with Crippen LogP contribution < -0.4 is 5.32 Å². The van der Waals surface area contributed by atoms with Crippen LogP contribution in [-0.4, -0.2) is 11.5 Å². The standard InChI is InChI=1S/C12H16N2S/c1-9(2)6-13-7-10-5-12-11(14-8-10)3-4-15-12/h3-5,8-9,13H,6-7H2,1-2H3. The lowest BCUT2D eigenvalue weighted by molar-refractivity contribution is 0.552. The molecule has 0 aromatic carbocycles. The molecule has 0 saturated carbocycles. The number of nitrogens with one attached hydrogen (secondary N) is 1. The maximum atomic E-state index is 4.41. The molecule has 0 aliphatic carbocycles. The second-order valence-electron chi connectivity index (χ2n) is 4.17. The van der Waals surface area contributed by atoms with Crippen molar-refractivity contribution in [2.45, 2.75) is 20.4 Å². The van der Waals surface area contributed by atoms with Crippen LogP contribution in [0.5, 0.6) is 0 Å². The van der Waals surface area contributed by atoms with Gasteiger partial charge in [-0.05, 0) is 35.5 Å². The molecule has 0 radical (unpaired) electrons. The average molecular weight is 220 g/mol. The fraction of sp³-hybridized carbons (Fsp3) is 0.417. The molecule has 0 spiro atoms. The van der Waals surface area contributed by atoms with E-state index >= 15 is 0 Å². The summed E-state index contributed by atoms with van der Waals surface area (Å²) in [4.78, 5) is 4.41. The zero-order valence-corrected chi connectivity index (χ0v) is 9.97. The van der Waals surface area contributed by atoms with E-state index in [0.717, 1.165) is 18.6 Å². The number of hydrogen-bond donors (Lipinski definition) is 1. The van der Waals surface area contributed by atoms with Crippen molar-refractivity contribution in [1.82, 2.24) is 10.3 Å². The fourth-order valence-electron chi connectivity index (χ4n) is 1.49. The highest BCUT2D eigenvalue weighted by molar-refractivity contribution is 7.17. The Bertz CT molecular complexity index is 434. The normalized spacial score (nSPS) is 11.4. The van der Waals surface area contributed by atoms with Crippen molar-refractivity contribution in [1.29, 1.82) is 0 Å². The highest BCUT2D eigenvalue weighted by atomic mass is 32.1. The van der Waals surface area contributed by atoms with Crippen LogP contribution in [0.2, 0.25) is 0 Å². The van der Waals surface area contributed by atoms with Crippen LogP contribution in [0.15, 0.2) is 23.7 Å². The molecule has 2 rings (SSSR count). The van der Waals surface area contributed by atoms with Crippen molar-refractivity contribution in [2.75, 3.05) is 6.54 Å². The molecule has 0 aliphatic rings. The predicted molar refractivity (Wildman–Crippen MR) is 66.2 cm³/mol. The maximum absolute atomic E-state index is 4.41. The third kappa shape index (κ3) is 2.76. The average Bonchev–Trinajstić information content (AvgIpc) is 2.64. The quantitative estimate of drug-likeness (QED) is 0.856. The third-order valence-electron chi connectivity index (χ3n) is 2.24. The van der Waals surface area contributed by atoms with Crippen LogP contribution in [0.4, 0.5) is 0 Å². The van der Waals surface area contributed by atoms with Gasteiger partial charge in [-0.25, -0.2) is 0 Å². The SMILES string of the molecule is CC(C)CNCc1cnc2ccsc2c1. The maximum Gasteiger partial charge on any atom is 0.0809 e.